The fraction of sp³-hybridized carbons (Fsp3) is 0.600. The van der Waals surface area contributed by atoms with Gasteiger partial charge in [0.25, 0.3) is 0 Å². The summed E-state index contributed by atoms with van der Waals surface area (Å²) in [5, 5.41) is 17.6. The molecule has 0 spiro atoms. The van der Waals surface area contributed by atoms with Crippen molar-refractivity contribution in [1.29, 1.82) is 0 Å². The fourth-order valence-electron chi connectivity index (χ4n) is 3.12. The van der Waals surface area contributed by atoms with Gasteiger partial charge in [-0.2, -0.15) is 0 Å². The molecule has 0 saturated carbocycles. The van der Waals surface area contributed by atoms with Crippen LogP contribution in [-0.2, 0) is 13.0 Å². The average Bonchev–Trinajstić information content (AvgIpc) is 3.16. The lowest BCUT2D eigenvalue weighted by Crippen LogP contribution is -2.27. The highest BCUT2D eigenvalue weighted by Crippen LogP contribution is 2.25. The Bertz CT molecular complexity index is 797. The van der Waals surface area contributed by atoms with E-state index in [0.29, 0.717) is 11.8 Å². The zero-order chi connectivity index (χ0) is 16.0. The van der Waals surface area contributed by atoms with Crippen LogP contribution in [-0.4, -0.2) is 35.9 Å². The summed E-state index contributed by atoms with van der Waals surface area (Å²) < 4.78 is 4.15. The van der Waals surface area contributed by atoms with Crippen LogP contribution in [0.3, 0.4) is 0 Å². The minimum atomic E-state index is 0.415. The predicted molar refractivity (Wildman–Crippen MR) is 90.0 cm³/mol. The van der Waals surface area contributed by atoms with Crippen molar-refractivity contribution in [3.05, 3.63) is 23.5 Å². The zero-order valence-corrected chi connectivity index (χ0v) is 14.5. The van der Waals surface area contributed by atoms with Crippen molar-refractivity contribution < 1.29 is 0 Å². The number of hydrogen-bond donors (Lipinski definition) is 1. The highest BCUT2D eigenvalue weighted by Gasteiger charge is 2.24. The molecule has 1 aliphatic rings. The second-order valence-electron chi connectivity index (χ2n) is 6.54. The number of nitrogens with one attached hydrogen (secondary N) is 1. The number of rotatable bonds is 4. The minimum Gasteiger partial charge on any atom is -0.360 e. The summed E-state index contributed by atoms with van der Waals surface area (Å²) >= 11 is 1.60. The quantitative estimate of drug-likeness (QED) is 0.795. The molecule has 0 fully saturated rings. The lowest BCUT2D eigenvalue weighted by Gasteiger charge is -2.25. The largest absolute Gasteiger partial charge is 0.360 e. The van der Waals surface area contributed by atoms with E-state index in [1.54, 1.807) is 11.3 Å². The van der Waals surface area contributed by atoms with Crippen molar-refractivity contribution in [2.45, 2.75) is 46.1 Å². The Morgan fingerprint density at radius 3 is 3.04 bits per heavy atom. The van der Waals surface area contributed by atoms with Gasteiger partial charge in [-0.25, -0.2) is 9.50 Å². The Morgan fingerprint density at radius 1 is 1.39 bits per heavy atom. The first-order chi connectivity index (χ1) is 11.1. The molecular formula is C15H21N7S. The Morgan fingerprint density at radius 2 is 2.26 bits per heavy atom. The lowest BCUT2D eigenvalue weighted by molar-refractivity contribution is 0.371. The van der Waals surface area contributed by atoms with Crippen LogP contribution in [0.2, 0.25) is 0 Å². The second-order valence-corrected chi connectivity index (χ2v) is 7.50. The molecule has 122 valence electrons. The summed E-state index contributed by atoms with van der Waals surface area (Å²) in [6.07, 6.45) is 4.10. The molecule has 7 nitrogen and oxygen atoms in total. The van der Waals surface area contributed by atoms with E-state index in [1.165, 1.54) is 0 Å². The van der Waals surface area contributed by atoms with E-state index in [2.05, 4.69) is 44.0 Å². The van der Waals surface area contributed by atoms with E-state index >= 15 is 0 Å². The van der Waals surface area contributed by atoms with E-state index in [0.717, 1.165) is 53.4 Å². The topological polar surface area (TPSA) is 72.9 Å². The maximum atomic E-state index is 4.53. The van der Waals surface area contributed by atoms with Gasteiger partial charge in [-0.3, -0.25) is 0 Å². The van der Waals surface area contributed by atoms with Crippen LogP contribution in [0.4, 0.5) is 5.13 Å². The molecule has 3 aromatic rings. The second kappa shape index (κ2) is 5.59. The molecule has 0 aliphatic carbocycles. The van der Waals surface area contributed by atoms with Crippen molar-refractivity contribution >= 4 is 21.4 Å². The highest BCUT2D eigenvalue weighted by atomic mass is 32.1. The number of aromatic nitrogens is 6. The molecule has 1 aliphatic heterocycles. The summed E-state index contributed by atoms with van der Waals surface area (Å²) in [7, 11) is 0. The van der Waals surface area contributed by atoms with Gasteiger partial charge in [-0.1, -0.05) is 25.2 Å². The summed E-state index contributed by atoms with van der Waals surface area (Å²) in [5.41, 5.74) is 1.00. The molecule has 3 aromatic heterocycles. The molecule has 0 bridgehead atoms. The standard InChI is InChI=1S/C15H21N7S/c1-9(2)13-19-18-12-5-4-11(8-21(12)13)6-16-14-20-22-7-10(3)17-15(22)23-14/h7,9,11H,4-6,8H2,1-3H3,(H,16,20). The number of fused-ring (bicyclic) bond motifs is 2. The molecule has 8 heteroatoms. The molecule has 0 amide bonds. The minimum absolute atomic E-state index is 0.415. The fourth-order valence-corrected chi connectivity index (χ4v) is 3.96. The summed E-state index contributed by atoms with van der Waals surface area (Å²) in [6, 6.07) is 0. The third kappa shape index (κ3) is 2.71. The molecule has 0 aromatic carbocycles. The number of aryl methyl sites for hydroxylation is 2. The van der Waals surface area contributed by atoms with Crippen molar-refractivity contribution in [1.82, 2.24) is 29.4 Å². The van der Waals surface area contributed by atoms with Gasteiger partial charge in [0.2, 0.25) is 10.1 Å². The molecule has 1 N–H and O–H groups in total. The number of hydrogen-bond acceptors (Lipinski definition) is 6. The first-order valence-corrected chi connectivity index (χ1v) is 8.90. The molecule has 4 heterocycles. The summed E-state index contributed by atoms with van der Waals surface area (Å²) in [4.78, 5) is 5.38. The number of imidazole rings is 1. The van der Waals surface area contributed by atoms with Crippen LogP contribution in [0.1, 0.15) is 43.5 Å². The van der Waals surface area contributed by atoms with Crippen LogP contribution in [0.25, 0.3) is 4.96 Å². The first kappa shape index (κ1) is 14.6. The van der Waals surface area contributed by atoms with Crippen LogP contribution < -0.4 is 5.32 Å². The Kier molecular flexibility index (Phi) is 3.56. The lowest BCUT2D eigenvalue weighted by atomic mass is 9.99. The van der Waals surface area contributed by atoms with Crippen LogP contribution in [0, 0.1) is 12.8 Å². The third-order valence-electron chi connectivity index (χ3n) is 4.29. The molecule has 1 unspecified atom stereocenters. The highest BCUT2D eigenvalue weighted by molar-refractivity contribution is 7.20. The number of nitrogens with zero attached hydrogens (tertiary/aromatic N) is 6. The van der Waals surface area contributed by atoms with Gasteiger partial charge in [0.15, 0.2) is 0 Å². The van der Waals surface area contributed by atoms with Gasteiger partial charge < -0.3 is 9.88 Å². The summed E-state index contributed by atoms with van der Waals surface area (Å²) in [5.74, 6) is 3.23. The van der Waals surface area contributed by atoms with E-state index < -0.39 is 0 Å². The van der Waals surface area contributed by atoms with E-state index in [-0.39, 0.29) is 0 Å². The molecule has 23 heavy (non-hydrogen) atoms. The van der Waals surface area contributed by atoms with Gasteiger partial charge in [-0.05, 0) is 19.3 Å². The Labute approximate surface area is 138 Å². The molecule has 1 atom stereocenters. The Balaban J connectivity index is 1.43. The van der Waals surface area contributed by atoms with Gasteiger partial charge in [-0.15, -0.1) is 15.3 Å². The van der Waals surface area contributed by atoms with Crippen LogP contribution in [0.5, 0.6) is 0 Å². The average molecular weight is 331 g/mol. The van der Waals surface area contributed by atoms with Crippen LogP contribution in [0.15, 0.2) is 6.20 Å². The van der Waals surface area contributed by atoms with Crippen molar-refractivity contribution in [2.75, 3.05) is 11.9 Å². The zero-order valence-electron chi connectivity index (χ0n) is 13.7. The first-order valence-electron chi connectivity index (χ1n) is 8.09. The molecule has 0 saturated heterocycles. The van der Waals surface area contributed by atoms with Gasteiger partial charge in [0, 0.05) is 25.4 Å². The smallest absolute Gasteiger partial charge is 0.214 e. The van der Waals surface area contributed by atoms with E-state index in [9.17, 15) is 0 Å². The monoisotopic (exact) mass is 331 g/mol. The predicted octanol–water partition coefficient (Wildman–Crippen LogP) is 2.49. The number of anilines is 1. The van der Waals surface area contributed by atoms with Crippen molar-refractivity contribution in [3.63, 3.8) is 0 Å². The molecular weight excluding hydrogens is 310 g/mol. The van der Waals surface area contributed by atoms with Gasteiger partial charge in [0.1, 0.15) is 11.6 Å². The van der Waals surface area contributed by atoms with E-state index in [4.69, 9.17) is 0 Å². The van der Waals surface area contributed by atoms with E-state index in [1.807, 2.05) is 17.6 Å². The maximum Gasteiger partial charge on any atom is 0.214 e. The third-order valence-corrected chi connectivity index (χ3v) is 5.18. The normalized spacial score (nSPS) is 17.8. The SMILES string of the molecule is Cc1cn2nc(NCC3CCc4nnc(C(C)C)n4C3)sc2n1. The van der Waals surface area contributed by atoms with Gasteiger partial charge in [0.05, 0.1) is 11.9 Å². The van der Waals surface area contributed by atoms with Crippen molar-refractivity contribution in [3.8, 4) is 0 Å². The van der Waals surface area contributed by atoms with Gasteiger partial charge >= 0.3 is 0 Å². The van der Waals surface area contributed by atoms with Crippen LogP contribution >= 0.6 is 11.3 Å². The van der Waals surface area contributed by atoms with Crippen molar-refractivity contribution in [2.24, 2.45) is 5.92 Å². The Hall–Kier alpha value is -1.96. The summed E-state index contributed by atoms with van der Waals surface area (Å²) in [6.45, 7) is 8.24. The molecule has 0 radical (unpaired) electrons. The molecule has 4 rings (SSSR count). The maximum absolute atomic E-state index is 4.53.